The van der Waals surface area contributed by atoms with Crippen molar-refractivity contribution < 1.29 is 57.0 Å². The fourth-order valence-electron chi connectivity index (χ4n) is 3.27. The maximum Gasteiger partial charge on any atom is 0.410 e. The lowest BCUT2D eigenvalue weighted by molar-refractivity contribution is -0.0235. The Morgan fingerprint density at radius 2 is 1.00 bits per heavy atom. The largest absolute Gasteiger partial charge is 0.445 e. The number of hydrogen-bond donors (Lipinski definition) is 1. The van der Waals surface area contributed by atoms with Crippen molar-refractivity contribution in [3.63, 3.8) is 0 Å². The van der Waals surface area contributed by atoms with E-state index < -0.39 is 11.7 Å². The zero-order chi connectivity index (χ0) is 33.6. The number of amides is 2. The first-order valence-electron chi connectivity index (χ1n) is 15.8. The van der Waals surface area contributed by atoms with Crippen LogP contribution in [0.5, 0.6) is 0 Å². The number of nitrogens with one attached hydrogen (secondary N) is 1. The summed E-state index contributed by atoms with van der Waals surface area (Å²) >= 11 is 0. The Bertz CT molecular complexity index is 857. The molecule has 0 spiro atoms. The van der Waals surface area contributed by atoms with Crippen molar-refractivity contribution in [2.75, 3.05) is 126 Å². The molecule has 0 aliphatic heterocycles. The minimum atomic E-state index is -0.513. The lowest BCUT2D eigenvalue weighted by Crippen LogP contribution is -2.36. The summed E-state index contributed by atoms with van der Waals surface area (Å²) in [4.78, 5) is 25.0. The molecule has 1 aromatic carbocycles. The molecule has 1 aromatic rings. The lowest BCUT2D eigenvalue weighted by atomic mass is 10.2. The molecule has 0 heterocycles. The van der Waals surface area contributed by atoms with Gasteiger partial charge in [-0.2, -0.15) is 0 Å². The Morgan fingerprint density at radius 1 is 0.609 bits per heavy atom. The number of likely N-dealkylation sites (N-methyl/N-ethyl adjacent to an activating group) is 1. The van der Waals surface area contributed by atoms with E-state index in [0.29, 0.717) is 119 Å². The quantitative estimate of drug-likeness (QED) is 0.126. The van der Waals surface area contributed by atoms with Gasteiger partial charge in [0, 0.05) is 20.1 Å². The van der Waals surface area contributed by atoms with E-state index in [0.717, 1.165) is 5.56 Å². The molecule has 0 aliphatic carbocycles. The topological polar surface area (TPSA) is 142 Å². The van der Waals surface area contributed by atoms with Crippen molar-refractivity contribution in [2.45, 2.75) is 33.0 Å². The van der Waals surface area contributed by atoms with Crippen molar-refractivity contribution in [3.8, 4) is 0 Å². The van der Waals surface area contributed by atoms with Crippen LogP contribution in [0.1, 0.15) is 26.3 Å². The van der Waals surface area contributed by atoms with Gasteiger partial charge in [-0.3, -0.25) is 0 Å². The van der Waals surface area contributed by atoms with E-state index >= 15 is 0 Å². The van der Waals surface area contributed by atoms with E-state index in [9.17, 15) is 9.59 Å². The zero-order valence-corrected chi connectivity index (χ0v) is 28.2. The summed E-state index contributed by atoms with van der Waals surface area (Å²) in [6, 6.07) is 9.49. The molecule has 0 unspecified atom stereocenters. The number of rotatable bonds is 29. The molecule has 0 bridgehead atoms. The van der Waals surface area contributed by atoms with Gasteiger partial charge in [-0.15, -0.1) is 0 Å². The Morgan fingerprint density at radius 3 is 1.41 bits per heavy atom. The average Bonchev–Trinajstić information content (AvgIpc) is 3.03. The van der Waals surface area contributed by atoms with Crippen LogP contribution in [0.25, 0.3) is 0 Å². The minimum Gasteiger partial charge on any atom is -0.445 e. The van der Waals surface area contributed by atoms with Crippen LogP contribution in [-0.2, 0) is 54.0 Å². The van der Waals surface area contributed by atoms with E-state index in [1.54, 1.807) is 7.05 Å². The van der Waals surface area contributed by atoms with Crippen LogP contribution in [0, 0.1) is 0 Å². The molecule has 0 aliphatic rings. The number of alkyl carbamates (subject to hydrolysis) is 1. The first-order chi connectivity index (χ1) is 22.3. The van der Waals surface area contributed by atoms with Gasteiger partial charge in [0.2, 0.25) is 0 Å². The van der Waals surface area contributed by atoms with Gasteiger partial charge < -0.3 is 57.6 Å². The predicted octanol–water partition coefficient (Wildman–Crippen LogP) is 2.91. The van der Waals surface area contributed by atoms with Crippen molar-refractivity contribution in [1.29, 1.82) is 0 Å². The highest BCUT2D eigenvalue weighted by molar-refractivity contribution is 5.67. The van der Waals surface area contributed by atoms with Gasteiger partial charge in [0.1, 0.15) is 12.2 Å². The SMILES string of the molecule is CN(CCOCCOCCOCCOCCOCCOCCOCCOCCNC(=O)OCc1ccccc1)C(=O)OC(C)(C)C. The molecule has 1 N–H and O–H groups in total. The highest BCUT2D eigenvalue weighted by atomic mass is 16.6. The van der Waals surface area contributed by atoms with Crippen LogP contribution in [0.15, 0.2) is 30.3 Å². The molecule has 0 saturated heterocycles. The summed E-state index contributed by atoms with van der Waals surface area (Å²) in [5.41, 5.74) is 0.422. The third kappa shape index (κ3) is 27.7. The van der Waals surface area contributed by atoms with Crippen LogP contribution in [0.3, 0.4) is 0 Å². The van der Waals surface area contributed by atoms with Crippen molar-refractivity contribution in [2.24, 2.45) is 0 Å². The third-order valence-corrected chi connectivity index (χ3v) is 5.61. The average molecular weight is 661 g/mol. The highest BCUT2D eigenvalue weighted by Gasteiger charge is 2.19. The Balaban J connectivity index is 1.69. The monoisotopic (exact) mass is 660 g/mol. The fourth-order valence-corrected chi connectivity index (χ4v) is 3.27. The molecule has 0 saturated carbocycles. The van der Waals surface area contributed by atoms with E-state index in [1.165, 1.54) is 4.90 Å². The summed E-state index contributed by atoms with van der Waals surface area (Å²) in [6.45, 7) is 13.8. The van der Waals surface area contributed by atoms with E-state index in [-0.39, 0.29) is 12.7 Å². The normalized spacial score (nSPS) is 11.4. The van der Waals surface area contributed by atoms with Gasteiger partial charge in [0.25, 0.3) is 0 Å². The van der Waals surface area contributed by atoms with E-state index in [2.05, 4.69) is 5.32 Å². The minimum absolute atomic E-state index is 0.235. The van der Waals surface area contributed by atoms with Crippen molar-refractivity contribution in [1.82, 2.24) is 10.2 Å². The van der Waals surface area contributed by atoms with Gasteiger partial charge in [-0.05, 0) is 26.3 Å². The van der Waals surface area contributed by atoms with Gasteiger partial charge in [-0.25, -0.2) is 9.59 Å². The molecule has 46 heavy (non-hydrogen) atoms. The smallest absolute Gasteiger partial charge is 0.410 e. The molecule has 14 nitrogen and oxygen atoms in total. The summed E-state index contributed by atoms with van der Waals surface area (Å²) in [7, 11) is 1.68. The molecule has 2 amide bonds. The van der Waals surface area contributed by atoms with Crippen molar-refractivity contribution >= 4 is 12.2 Å². The maximum atomic E-state index is 11.8. The highest BCUT2D eigenvalue weighted by Crippen LogP contribution is 2.08. The van der Waals surface area contributed by atoms with Crippen LogP contribution in [0.2, 0.25) is 0 Å². The number of hydrogen-bond acceptors (Lipinski definition) is 12. The fraction of sp³-hybridized carbons (Fsp3) is 0.750. The molecule has 0 fully saturated rings. The number of nitrogens with zero attached hydrogens (tertiary/aromatic N) is 1. The van der Waals surface area contributed by atoms with Crippen LogP contribution in [0.4, 0.5) is 9.59 Å². The first-order valence-corrected chi connectivity index (χ1v) is 15.8. The summed E-state index contributed by atoms with van der Waals surface area (Å²) in [5.74, 6) is 0. The summed E-state index contributed by atoms with van der Waals surface area (Å²) in [6.07, 6.45) is -0.840. The van der Waals surface area contributed by atoms with E-state index in [1.807, 2.05) is 51.1 Å². The zero-order valence-electron chi connectivity index (χ0n) is 28.2. The molecule has 0 radical (unpaired) electrons. The molecule has 266 valence electrons. The lowest BCUT2D eigenvalue weighted by Gasteiger charge is -2.24. The van der Waals surface area contributed by atoms with E-state index in [4.69, 9.17) is 47.4 Å². The number of carbonyl (C=O) groups is 2. The van der Waals surface area contributed by atoms with Gasteiger partial charge >= 0.3 is 12.2 Å². The van der Waals surface area contributed by atoms with Crippen LogP contribution in [-0.4, -0.2) is 149 Å². The molecule has 14 heteroatoms. The Labute approximate surface area is 274 Å². The summed E-state index contributed by atoms with van der Waals surface area (Å²) < 4.78 is 54.0. The van der Waals surface area contributed by atoms with Crippen molar-refractivity contribution in [3.05, 3.63) is 35.9 Å². The number of ether oxygens (including phenoxy) is 10. The molecule has 0 atom stereocenters. The Kier molecular flexibility index (Phi) is 25.8. The standard InChI is InChI=1S/C32H56N2O12/c1-32(2,3)46-31(36)34(4)11-13-38-15-17-40-19-21-42-23-25-44-27-26-43-24-22-41-20-18-39-16-14-37-12-10-33-30(35)45-28-29-8-6-5-7-9-29/h5-9H,10-28H2,1-4H3,(H,33,35). The second-order valence-electron chi connectivity index (χ2n) is 10.8. The maximum absolute atomic E-state index is 11.8. The second kappa shape index (κ2) is 28.6. The van der Waals surface area contributed by atoms with Gasteiger partial charge in [0.05, 0.1) is 106 Å². The molecule has 1 rings (SSSR count). The van der Waals surface area contributed by atoms with Gasteiger partial charge in [0.15, 0.2) is 0 Å². The van der Waals surface area contributed by atoms with Crippen LogP contribution < -0.4 is 5.32 Å². The number of carbonyl (C=O) groups excluding carboxylic acids is 2. The Hall–Kier alpha value is -2.56. The molecule has 0 aromatic heterocycles. The van der Waals surface area contributed by atoms with Gasteiger partial charge in [-0.1, -0.05) is 30.3 Å². The van der Waals surface area contributed by atoms with Crippen LogP contribution >= 0.6 is 0 Å². The predicted molar refractivity (Wildman–Crippen MR) is 170 cm³/mol. The molecular formula is C32H56N2O12. The third-order valence-electron chi connectivity index (χ3n) is 5.61. The summed E-state index contributed by atoms with van der Waals surface area (Å²) in [5, 5.41) is 2.64. The number of benzene rings is 1. The first kappa shape index (κ1) is 41.5. The second-order valence-corrected chi connectivity index (χ2v) is 10.8. The molecular weight excluding hydrogens is 604 g/mol.